The molecule has 15 heavy (non-hydrogen) atoms. The summed E-state index contributed by atoms with van der Waals surface area (Å²) in [6.45, 7) is 15.5. The predicted octanol–water partition coefficient (Wildman–Crippen LogP) is 2.40. The first-order valence-corrected chi connectivity index (χ1v) is 5.25. The summed E-state index contributed by atoms with van der Waals surface area (Å²) in [4.78, 5) is 17.2. The zero-order valence-electron chi connectivity index (χ0n) is 10.1. The van der Waals surface area contributed by atoms with Crippen LogP contribution >= 0.6 is 0 Å². The monoisotopic (exact) mass is 208 g/mol. The second-order valence-electron chi connectivity index (χ2n) is 3.25. The molecule has 0 saturated heterocycles. The third-order valence-corrected chi connectivity index (χ3v) is 2.14. The molecule has 0 spiro atoms. The van der Waals surface area contributed by atoms with Gasteiger partial charge >= 0.3 is 0 Å². The first-order chi connectivity index (χ1) is 7.11. The van der Waals surface area contributed by atoms with Gasteiger partial charge in [-0.15, -0.1) is 0 Å². The highest BCUT2D eigenvalue weighted by Crippen LogP contribution is 2.22. The Balaban J connectivity index is 0.000000921. The largest absolute Gasteiger partial charge is 0.330 e. The third-order valence-electron chi connectivity index (χ3n) is 2.14. The van der Waals surface area contributed by atoms with Gasteiger partial charge in [0.25, 0.3) is 5.91 Å². The van der Waals surface area contributed by atoms with Gasteiger partial charge in [-0.1, -0.05) is 26.5 Å². The van der Waals surface area contributed by atoms with E-state index in [1.54, 1.807) is 11.0 Å². The van der Waals surface area contributed by atoms with Crippen LogP contribution in [0.25, 0.3) is 0 Å². The summed E-state index contributed by atoms with van der Waals surface area (Å²) in [6, 6.07) is 0.196. The van der Waals surface area contributed by atoms with Gasteiger partial charge in [0.05, 0.1) is 17.8 Å². The van der Waals surface area contributed by atoms with Crippen molar-refractivity contribution < 1.29 is 4.79 Å². The molecular formula is C12H20N2O. The molecule has 3 heteroatoms. The third kappa shape index (κ3) is 2.78. The first kappa shape index (κ1) is 13.6. The quantitative estimate of drug-likeness (QED) is 0.655. The van der Waals surface area contributed by atoms with Crippen LogP contribution < -0.4 is 0 Å². The lowest BCUT2D eigenvalue weighted by Crippen LogP contribution is -2.33. The van der Waals surface area contributed by atoms with Crippen LogP contribution in [0.4, 0.5) is 0 Å². The molecule has 0 aliphatic carbocycles. The molecule has 1 heterocycles. The Kier molecular flexibility index (Phi) is 5.60. The van der Waals surface area contributed by atoms with Crippen LogP contribution in [-0.4, -0.2) is 30.1 Å². The Hall–Kier alpha value is -1.38. The highest BCUT2D eigenvalue weighted by atomic mass is 16.2. The van der Waals surface area contributed by atoms with E-state index in [2.05, 4.69) is 18.3 Å². The summed E-state index contributed by atoms with van der Waals surface area (Å²) >= 11 is 0. The molecule has 1 amide bonds. The molecule has 0 aromatic heterocycles. The number of rotatable bonds is 3. The van der Waals surface area contributed by atoms with Gasteiger partial charge in [0, 0.05) is 6.04 Å². The van der Waals surface area contributed by atoms with Crippen molar-refractivity contribution in [2.24, 2.45) is 4.99 Å². The van der Waals surface area contributed by atoms with Crippen LogP contribution in [0.5, 0.6) is 0 Å². The van der Waals surface area contributed by atoms with Gasteiger partial charge in [0.2, 0.25) is 0 Å². The van der Waals surface area contributed by atoms with Gasteiger partial charge in [-0.2, -0.15) is 0 Å². The van der Waals surface area contributed by atoms with Gasteiger partial charge < -0.3 is 4.90 Å². The maximum absolute atomic E-state index is 11.7. The predicted molar refractivity (Wildman–Crippen MR) is 65.0 cm³/mol. The Morgan fingerprint density at radius 1 is 1.47 bits per heavy atom. The van der Waals surface area contributed by atoms with Crippen LogP contribution in [0.2, 0.25) is 0 Å². The van der Waals surface area contributed by atoms with Gasteiger partial charge in [0.1, 0.15) is 0 Å². The van der Waals surface area contributed by atoms with Gasteiger partial charge in [0.15, 0.2) is 0 Å². The van der Waals surface area contributed by atoms with E-state index < -0.39 is 0 Å². The molecule has 0 radical (unpaired) electrons. The highest BCUT2D eigenvalue weighted by molar-refractivity contribution is 5.99. The second kappa shape index (κ2) is 6.17. The molecule has 0 bridgehead atoms. The maximum atomic E-state index is 11.7. The molecule has 0 aromatic rings. The fourth-order valence-electron chi connectivity index (χ4n) is 1.35. The summed E-state index contributed by atoms with van der Waals surface area (Å²) < 4.78 is 0. The second-order valence-corrected chi connectivity index (χ2v) is 3.25. The lowest BCUT2D eigenvalue weighted by molar-refractivity contribution is -0.126. The van der Waals surface area contributed by atoms with Gasteiger partial charge in [-0.3, -0.25) is 9.79 Å². The van der Waals surface area contributed by atoms with Crippen LogP contribution in [0.3, 0.4) is 0 Å². The molecule has 3 nitrogen and oxygen atoms in total. The van der Waals surface area contributed by atoms with Crippen molar-refractivity contribution in [2.75, 3.05) is 6.54 Å². The Labute approximate surface area is 92.2 Å². The van der Waals surface area contributed by atoms with Crippen molar-refractivity contribution in [3.8, 4) is 0 Å². The minimum atomic E-state index is 0.00685. The highest BCUT2D eigenvalue weighted by Gasteiger charge is 2.29. The van der Waals surface area contributed by atoms with E-state index in [0.717, 1.165) is 5.70 Å². The summed E-state index contributed by atoms with van der Waals surface area (Å²) in [5.41, 5.74) is 1.32. The van der Waals surface area contributed by atoms with Crippen LogP contribution in [-0.2, 0) is 4.79 Å². The van der Waals surface area contributed by atoms with Crippen molar-refractivity contribution in [3.63, 3.8) is 0 Å². The van der Waals surface area contributed by atoms with Crippen molar-refractivity contribution in [3.05, 3.63) is 23.9 Å². The van der Waals surface area contributed by atoms with E-state index in [1.165, 1.54) is 0 Å². The Morgan fingerprint density at radius 3 is 2.27 bits per heavy atom. The molecule has 0 unspecified atom stereocenters. The van der Waals surface area contributed by atoms with Crippen molar-refractivity contribution in [1.82, 2.24) is 4.90 Å². The number of carbonyl (C=O) groups excluding carboxylic acids is 1. The van der Waals surface area contributed by atoms with E-state index in [1.807, 2.05) is 27.7 Å². The zero-order valence-corrected chi connectivity index (χ0v) is 10.1. The average molecular weight is 208 g/mol. The molecule has 1 aliphatic heterocycles. The van der Waals surface area contributed by atoms with Crippen LogP contribution in [0, 0.1) is 0 Å². The molecule has 1 aliphatic rings. The molecule has 0 N–H and O–H groups in total. The van der Waals surface area contributed by atoms with Crippen molar-refractivity contribution in [2.45, 2.75) is 33.7 Å². The molecule has 0 aromatic carbocycles. The van der Waals surface area contributed by atoms with E-state index >= 15 is 0 Å². The minimum Gasteiger partial charge on any atom is -0.330 e. The van der Waals surface area contributed by atoms with Crippen molar-refractivity contribution >= 4 is 12.6 Å². The zero-order chi connectivity index (χ0) is 12.0. The van der Waals surface area contributed by atoms with E-state index in [4.69, 9.17) is 0 Å². The SMILES string of the molecule is C=CC1=C(N=C)CN(C(C)C)C1=O.CC. The molecule has 0 atom stereocenters. The van der Waals surface area contributed by atoms with E-state index in [9.17, 15) is 4.79 Å². The van der Waals surface area contributed by atoms with Gasteiger partial charge in [-0.25, -0.2) is 0 Å². The van der Waals surface area contributed by atoms with Crippen molar-refractivity contribution in [1.29, 1.82) is 0 Å². The lowest BCUT2D eigenvalue weighted by atomic mass is 10.2. The summed E-state index contributed by atoms with van der Waals surface area (Å²) in [5, 5.41) is 0. The van der Waals surface area contributed by atoms with Gasteiger partial charge in [-0.05, 0) is 20.6 Å². The number of carbonyl (C=O) groups is 1. The number of hydrogen-bond acceptors (Lipinski definition) is 2. The number of amides is 1. The smallest absolute Gasteiger partial charge is 0.256 e. The molecular weight excluding hydrogens is 188 g/mol. The first-order valence-electron chi connectivity index (χ1n) is 5.25. The standard InChI is InChI=1S/C10H14N2O.C2H6/c1-5-8-9(11-4)6-12(7(2)3)10(8)13;1-2/h5,7H,1,4,6H2,2-3H3;1-2H3. The maximum Gasteiger partial charge on any atom is 0.256 e. The molecule has 84 valence electrons. The Bertz CT molecular complexity index is 290. The summed E-state index contributed by atoms with van der Waals surface area (Å²) in [5.74, 6) is 0.00685. The normalized spacial score (nSPS) is 15.3. The fourth-order valence-corrected chi connectivity index (χ4v) is 1.35. The number of aliphatic imine (C=N–C) groups is 1. The summed E-state index contributed by atoms with van der Waals surface area (Å²) in [6.07, 6.45) is 1.55. The van der Waals surface area contributed by atoms with Crippen LogP contribution in [0.15, 0.2) is 28.9 Å². The summed E-state index contributed by atoms with van der Waals surface area (Å²) in [7, 11) is 0. The number of hydrogen-bond donors (Lipinski definition) is 0. The van der Waals surface area contributed by atoms with E-state index in [0.29, 0.717) is 12.1 Å². The Morgan fingerprint density at radius 2 is 2.00 bits per heavy atom. The minimum absolute atomic E-state index is 0.00685. The lowest BCUT2D eigenvalue weighted by Gasteiger charge is -2.20. The molecule has 0 saturated carbocycles. The topological polar surface area (TPSA) is 32.7 Å². The number of nitrogens with zero attached hydrogens (tertiary/aromatic N) is 2. The average Bonchev–Trinajstić information content (AvgIpc) is 2.57. The fraction of sp³-hybridized carbons (Fsp3) is 0.500. The van der Waals surface area contributed by atoms with Crippen LogP contribution in [0.1, 0.15) is 27.7 Å². The molecule has 1 rings (SSSR count). The van der Waals surface area contributed by atoms with E-state index in [-0.39, 0.29) is 11.9 Å². The molecule has 0 fully saturated rings.